The molecule has 2 atom stereocenters. The van der Waals surface area contributed by atoms with E-state index in [1.54, 1.807) is 11.1 Å². The van der Waals surface area contributed by atoms with E-state index in [2.05, 4.69) is 20.9 Å². The van der Waals surface area contributed by atoms with Crippen LogP contribution in [0.25, 0.3) is 0 Å². The summed E-state index contributed by atoms with van der Waals surface area (Å²) in [5, 5.41) is 9.10. The Kier molecular flexibility index (Phi) is 7.55. The third-order valence-corrected chi connectivity index (χ3v) is 8.41. The maximum Gasteiger partial charge on any atom is 0.252 e. The summed E-state index contributed by atoms with van der Waals surface area (Å²) in [6, 6.07) is 17.6. The molecule has 3 N–H and O–H groups in total. The number of fused-ring (bicyclic) bond motifs is 3. The van der Waals surface area contributed by atoms with E-state index in [9.17, 15) is 14.4 Å². The largest absolute Gasteiger partial charge is 0.368 e. The topological polar surface area (TPSA) is 113 Å². The van der Waals surface area contributed by atoms with Crippen molar-refractivity contribution in [3.05, 3.63) is 88.6 Å². The molecule has 1 spiro atoms. The number of carbonyl (C=O) groups excluding carboxylic acids is 3. The number of rotatable bonds is 8. The lowest BCUT2D eigenvalue weighted by molar-refractivity contribution is -0.148. The van der Waals surface area contributed by atoms with Gasteiger partial charge in [-0.3, -0.25) is 14.4 Å². The van der Waals surface area contributed by atoms with Gasteiger partial charge in [-0.1, -0.05) is 36.4 Å². The van der Waals surface area contributed by atoms with Gasteiger partial charge in [-0.15, -0.1) is 0 Å². The first-order valence-corrected chi connectivity index (χ1v) is 14.3. The predicted octanol–water partition coefficient (Wildman–Crippen LogP) is 3.33. The second-order valence-electron chi connectivity index (χ2n) is 11.2. The second-order valence-corrected chi connectivity index (χ2v) is 11.2. The van der Waals surface area contributed by atoms with Gasteiger partial charge in [0.25, 0.3) is 5.91 Å². The van der Waals surface area contributed by atoms with E-state index in [-0.39, 0.29) is 24.3 Å². The van der Waals surface area contributed by atoms with Crippen molar-refractivity contribution >= 4 is 29.2 Å². The van der Waals surface area contributed by atoms with Crippen LogP contribution in [0.4, 0.5) is 11.5 Å². The molecule has 0 saturated carbocycles. The number of benzene rings is 2. The third kappa shape index (κ3) is 5.35. The van der Waals surface area contributed by atoms with Crippen LogP contribution in [0.2, 0.25) is 0 Å². The molecule has 3 aliphatic rings. The standard InChI is InChI=1S/C32H35N5O4/c1-33-18-22-7-2-3-8-23(22)19-37(30(39)27-10-4-5-14-41-27)20-28(38)35-25-12-11-21-16-32(17-24(21)15-25)26-9-6-13-34-29(26)36-31(32)40/h2-3,6-9,11-13,15,27,33H,4-5,10,14,16-20H2,1H3,(H,35,38)(H,34,36,40). The fraction of sp³-hybridized carbons (Fsp3) is 0.375. The normalized spacial score (nSPS) is 20.8. The Bertz CT molecular complexity index is 1480. The Morgan fingerprint density at radius 1 is 1.07 bits per heavy atom. The fourth-order valence-electron chi connectivity index (χ4n) is 6.35. The van der Waals surface area contributed by atoms with Crippen LogP contribution in [-0.4, -0.2) is 53.9 Å². The Labute approximate surface area is 239 Å². The first kappa shape index (κ1) is 27.1. The molecule has 9 nitrogen and oxygen atoms in total. The van der Waals surface area contributed by atoms with E-state index in [0.29, 0.717) is 50.5 Å². The summed E-state index contributed by atoms with van der Waals surface area (Å²) in [6.07, 6.45) is 4.83. The van der Waals surface area contributed by atoms with Crippen LogP contribution >= 0.6 is 0 Å². The average Bonchev–Trinajstić information content (AvgIpc) is 3.50. The molecule has 1 aliphatic carbocycles. The highest BCUT2D eigenvalue weighted by atomic mass is 16.5. The third-order valence-electron chi connectivity index (χ3n) is 8.41. The minimum Gasteiger partial charge on any atom is -0.368 e. The number of pyridine rings is 1. The van der Waals surface area contributed by atoms with Gasteiger partial charge < -0.3 is 25.6 Å². The first-order chi connectivity index (χ1) is 20.0. The number of hydrogen-bond acceptors (Lipinski definition) is 6. The van der Waals surface area contributed by atoms with E-state index in [4.69, 9.17) is 4.74 Å². The quantitative estimate of drug-likeness (QED) is 0.395. The average molecular weight is 554 g/mol. The van der Waals surface area contributed by atoms with Crippen molar-refractivity contribution in [1.82, 2.24) is 15.2 Å². The number of nitrogens with one attached hydrogen (secondary N) is 3. The summed E-state index contributed by atoms with van der Waals surface area (Å²) in [5.74, 6) is 0.156. The van der Waals surface area contributed by atoms with Crippen LogP contribution in [0, 0.1) is 0 Å². The Hall–Kier alpha value is -4.08. The molecule has 1 fully saturated rings. The molecule has 1 saturated heterocycles. The van der Waals surface area contributed by atoms with Crippen molar-refractivity contribution in [2.75, 3.05) is 30.8 Å². The molecule has 6 rings (SSSR count). The molecule has 2 unspecified atom stereocenters. The summed E-state index contributed by atoms with van der Waals surface area (Å²) >= 11 is 0. The van der Waals surface area contributed by atoms with Crippen LogP contribution in [0.5, 0.6) is 0 Å². The van der Waals surface area contributed by atoms with Gasteiger partial charge in [-0.25, -0.2) is 4.98 Å². The summed E-state index contributed by atoms with van der Waals surface area (Å²) < 4.78 is 5.79. The van der Waals surface area contributed by atoms with Crippen LogP contribution in [-0.2, 0) is 50.5 Å². The number of hydrogen-bond donors (Lipinski definition) is 3. The summed E-state index contributed by atoms with van der Waals surface area (Å²) in [6.45, 7) is 1.45. The maximum atomic E-state index is 13.6. The molecule has 3 amide bonds. The van der Waals surface area contributed by atoms with Crippen LogP contribution in [0.3, 0.4) is 0 Å². The monoisotopic (exact) mass is 553 g/mol. The van der Waals surface area contributed by atoms with Crippen molar-refractivity contribution in [1.29, 1.82) is 0 Å². The lowest BCUT2D eigenvalue weighted by Gasteiger charge is -2.29. The Morgan fingerprint density at radius 3 is 2.71 bits per heavy atom. The Morgan fingerprint density at radius 2 is 1.90 bits per heavy atom. The zero-order valence-corrected chi connectivity index (χ0v) is 23.2. The molecule has 1 aromatic heterocycles. The lowest BCUT2D eigenvalue weighted by Crippen LogP contribution is -2.45. The van der Waals surface area contributed by atoms with Gasteiger partial charge in [0.15, 0.2) is 0 Å². The lowest BCUT2D eigenvalue weighted by atomic mass is 9.79. The highest BCUT2D eigenvalue weighted by molar-refractivity contribution is 6.06. The molecule has 41 heavy (non-hydrogen) atoms. The predicted molar refractivity (Wildman–Crippen MR) is 155 cm³/mol. The van der Waals surface area contributed by atoms with E-state index in [1.807, 2.05) is 61.6 Å². The van der Waals surface area contributed by atoms with Gasteiger partial charge in [0.2, 0.25) is 11.8 Å². The molecule has 3 aromatic rings. The molecule has 9 heteroatoms. The number of nitrogens with zero attached hydrogens (tertiary/aromatic N) is 2. The SMILES string of the molecule is CNCc1ccccc1CN(CC(=O)Nc1ccc2c(c1)CC1(C2)C(=O)Nc2ncccc21)C(=O)C1CCCCO1. The van der Waals surface area contributed by atoms with Gasteiger partial charge in [-0.05, 0) is 79.6 Å². The van der Waals surface area contributed by atoms with Gasteiger partial charge in [0.05, 0.1) is 5.41 Å². The molecule has 2 aliphatic heterocycles. The maximum absolute atomic E-state index is 13.6. The molecule has 0 bridgehead atoms. The molecule has 0 radical (unpaired) electrons. The fourth-order valence-corrected chi connectivity index (χ4v) is 6.35. The Balaban J connectivity index is 1.18. The molecule has 212 valence electrons. The number of carbonyl (C=O) groups is 3. The number of amides is 3. The minimum atomic E-state index is -0.668. The molecular formula is C32H35N5O4. The van der Waals surface area contributed by atoms with Crippen molar-refractivity contribution in [3.63, 3.8) is 0 Å². The number of aromatic nitrogens is 1. The minimum absolute atomic E-state index is 0.0365. The zero-order chi connectivity index (χ0) is 28.4. The van der Waals surface area contributed by atoms with Crippen molar-refractivity contribution in [2.45, 2.75) is 56.7 Å². The van der Waals surface area contributed by atoms with Crippen LogP contribution in [0.1, 0.15) is 47.1 Å². The molecular weight excluding hydrogens is 518 g/mol. The molecule has 3 heterocycles. The van der Waals surface area contributed by atoms with Crippen molar-refractivity contribution in [3.8, 4) is 0 Å². The smallest absolute Gasteiger partial charge is 0.252 e. The van der Waals surface area contributed by atoms with Gasteiger partial charge in [0.1, 0.15) is 18.5 Å². The summed E-state index contributed by atoms with van der Waals surface area (Å²) in [7, 11) is 1.89. The highest BCUT2D eigenvalue weighted by Crippen LogP contribution is 2.46. The first-order valence-electron chi connectivity index (χ1n) is 14.3. The molecule has 2 aromatic carbocycles. The van der Waals surface area contributed by atoms with Crippen molar-refractivity contribution in [2.24, 2.45) is 0 Å². The van der Waals surface area contributed by atoms with E-state index in [0.717, 1.165) is 40.7 Å². The van der Waals surface area contributed by atoms with Gasteiger partial charge in [0, 0.05) is 37.1 Å². The van der Waals surface area contributed by atoms with Crippen LogP contribution in [0.15, 0.2) is 60.8 Å². The van der Waals surface area contributed by atoms with E-state index >= 15 is 0 Å². The van der Waals surface area contributed by atoms with Crippen LogP contribution < -0.4 is 16.0 Å². The van der Waals surface area contributed by atoms with E-state index in [1.165, 1.54) is 0 Å². The van der Waals surface area contributed by atoms with Crippen molar-refractivity contribution < 1.29 is 19.1 Å². The highest BCUT2D eigenvalue weighted by Gasteiger charge is 2.51. The van der Waals surface area contributed by atoms with Gasteiger partial charge >= 0.3 is 0 Å². The second kappa shape index (κ2) is 11.4. The number of anilines is 2. The summed E-state index contributed by atoms with van der Waals surface area (Å²) in [5.41, 5.74) is 5.08. The number of ether oxygens (including phenoxy) is 1. The van der Waals surface area contributed by atoms with E-state index < -0.39 is 11.5 Å². The zero-order valence-electron chi connectivity index (χ0n) is 23.2. The summed E-state index contributed by atoms with van der Waals surface area (Å²) in [4.78, 5) is 45.9. The van der Waals surface area contributed by atoms with Gasteiger partial charge in [-0.2, -0.15) is 0 Å².